The Balaban J connectivity index is 1.70. The molecule has 3 aromatic rings. The van der Waals surface area contributed by atoms with Crippen LogP contribution in [0.1, 0.15) is 37.1 Å². The first kappa shape index (κ1) is 24.3. The number of hydrogen-bond donors (Lipinski definition) is 1. The molecule has 0 unspecified atom stereocenters. The molecule has 0 amide bonds. The van der Waals surface area contributed by atoms with E-state index >= 15 is 0 Å². The van der Waals surface area contributed by atoms with Gasteiger partial charge in [-0.3, -0.25) is 9.97 Å². The highest BCUT2D eigenvalue weighted by Crippen LogP contribution is 2.41. The smallest absolute Gasteiger partial charge is 0.434 e. The molecule has 1 aliphatic rings. The lowest BCUT2D eigenvalue weighted by Crippen LogP contribution is -2.31. The van der Waals surface area contributed by atoms with Crippen molar-refractivity contribution in [2.75, 3.05) is 6.61 Å². The van der Waals surface area contributed by atoms with Crippen LogP contribution >= 0.6 is 0 Å². The number of ether oxygens (including phenoxy) is 1. The van der Waals surface area contributed by atoms with Gasteiger partial charge in [0, 0.05) is 47.7 Å². The van der Waals surface area contributed by atoms with Crippen LogP contribution in [0.5, 0.6) is 5.75 Å². The van der Waals surface area contributed by atoms with Gasteiger partial charge in [-0.2, -0.15) is 26.3 Å². The molecule has 184 valence electrons. The SMILES string of the molecule is Cc1cc(OC2CCC(C(F)(F)F)CC2)cc(-c2cn(CCO)c3ccnc(C(F)(F)F)c23)n1. The Bertz CT molecular complexity index is 1160. The summed E-state index contributed by atoms with van der Waals surface area (Å²) in [5, 5.41) is 9.22. The summed E-state index contributed by atoms with van der Waals surface area (Å²) in [6, 6.07) is 4.54. The van der Waals surface area contributed by atoms with Gasteiger partial charge in [0.2, 0.25) is 0 Å². The van der Waals surface area contributed by atoms with Crippen molar-refractivity contribution in [3.8, 4) is 17.0 Å². The molecule has 4 rings (SSSR count). The van der Waals surface area contributed by atoms with Gasteiger partial charge < -0.3 is 14.4 Å². The number of pyridine rings is 2. The van der Waals surface area contributed by atoms with Crippen LogP contribution in [0.2, 0.25) is 0 Å². The number of aromatic nitrogens is 3. The van der Waals surface area contributed by atoms with E-state index in [4.69, 9.17) is 4.74 Å². The van der Waals surface area contributed by atoms with E-state index < -0.39 is 30.1 Å². The number of fused-ring (bicyclic) bond motifs is 1. The predicted molar refractivity (Wildman–Crippen MR) is 112 cm³/mol. The van der Waals surface area contributed by atoms with Crippen molar-refractivity contribution in [1.82, 2.24) is 14.5 Å². The molecule has 0 atom stereocenters. The second-order valence-electron chi connectivity index (χ2n) is 8.47. The monoisotopic (exact) mass is 487 g/mol. The normalized spacial score (nSPS) is 19.5. The van der Waals surface area contributed by atoms with Gasteiger partial charge in [0.25, 0.3) is 0 Å². The molecule has 3 aromatic heterocycles. The molecule has 3 heterocycles. The third-order valence-electron chi connectivity index (χ3n) is 6.04. The van der Waals surface area contributed by atoms with Gasteiger partial charge >= 0.3 is 12.4 Å². The molecular weight excluding hydrogens is 464 g/mol. The van der Waals surface area contributed by atoms with Crippen LogP contribution in [0.25, 0.3) is 22.2 Å². The predicted octanol–water partition coefficient (Wildman–Crippen LogP) is 5.92. The molecule has 1 N–H and O–H groups in total. The van der Waals surface area contributed by atoms with Gasteiger partial charge in [-0.05, 0) is 38.7 Å². The first-order chi connectivity index (χ1) is 16.0. The fourth-order valence-electron chi connectivity index (χ4n) is 4.49. The molecule has 0 radical (unpaired) electrons. The second kappa shape index (κ2) is 9.09. The second-order valence-corrected chi connectivity index (χ2v) is 8.47. The lowest BCUT2D eigenvalue weighted by Gasteiger charge is -2.30. The van der Waals surface area contributed by atoms with Crippen molar-refractivity contribution in [1.29, 1.82) is 0 Å². The van der Waals surface area contributed by atoms with Crippen LogP contribution in [-0.4, -0.2) is 38.5 Å². The van der Waals surface area contributed by atoms with Crippen molar-refractivity contribution >= 4 is 10.9 Å². The molecule has 34 heavy (non-hydrogen) atoms. The lowest BCUT2D eigenvalue weighted by molar-refractivity contribution is -0.185. The van der Waals surface area contributed by atoms with E-state index in [9.17, 15) is 31.4 Å². The maximum Gasteiger partial charge on any atom is 0.434 e. The molecular formula is C23H23F6N3O2. The minimum Gasteiger partial charge on any atom is -0.490 e. The number of aryl methyl sites for hydroxylation is 1. The number of halogens is 6. The van der Waals surface area contributed by atoms with E-state index in [0.29, 0.717) is 11.4 Å². The maximum atomic E-state index is 13.7. The first-order valence-electron chi connectivity index (χ1n) is 10.9. The van der Waals surface area contributed by atoms with Gasteiger partial charge in [0.05, 0.1) is 29.8 Å². The largest absolute Gasteiger partial charge is 0.490 e. The average Bonchev–Trinajstić information content (AvgIpc) is 3.11. The van der Waals surface area contributed by atoms with Crippen LogP contribution < -0.4 is 4.74 Å². The molecule has 1 aliphatic carbocycles. The van der Waals surface area contributed by atoms with Gasteiger partial charge in [0.15, 0.2) is 5.69 Å². The van der Waals surface area contributed by atoms with E-state index in [1.807, 2.05) is 0 Å². The lowest BCUT2D eigenvalue weighted by atomic mass is 9.87. The summed E-state index contributed by atoms with van der Waals surface area (Å²) in [4.78, 5) is 7.94. The topological polar surface area (TPSA) is 60.2 Å². The van der Waals surface area contributed by atoms with Gasteiger partial charge in [-0.15, -0.1) is 0 Å². The van der Waals surface area contributed by atoms with E-state index in [1.165, 1.54) is 22.9 Å². The maximum absolute atomic E-state index is 13.7. The summed E-state index contributed by atoms with van der Waals surface area (Å²) < 4.78 is 87.5. The number of aliphatic hydroxyl groups excluding tert-OH is 1. The van der Waals surface area contributed by atoms with Gasteiger partial charge in [-0.25, -0.2) is 0 Å². The Labute approximate surface area is 191 Å². The number of aliphatic hydroxyl groups is 1. The van der Waals surface area contributed by atoms with Crippen LogP contribution in [0, 0.1) is 12.8 Å². The number of rotatable bonds is 5. The van der Waals surface area contributed by atoms with E-state index in [2.05, 4.69) is 9.97 Å². The number of nitrogens with zero attached hydrogens (tertiary/aromatic N) is 3. The van der Waals surface area contributed by atoms with Crippen LogP contribution in [0.4, 0.5) is 26.3 Å². The summed E-state index contributed by atoms with van der Waals surface area (Å²) in [6.45, 7) is 1.46. The van der Waals surface area contributed by atoms with Gasteiger partial charge in [-0.1, -0.05) is 0 Å². The standard InChI is InChI=1S/C23H23F6N3O2/c1-13-10-16(34-15-4-2-14(3-5-15)22(24,25)26)11-18(31-13)17-12-32(8-9-33)19-6-7-30-21(20(17)19)23(27,28)29/h6-7,10-12,14-15,33H,2-5,8-9H2,1H3. The third-order valence-corrected chi connectivity index (χ3v) is 6.04. The zero-order chi connectivity index (χ0) is 24.7. The number of hydrogen-bond acceptors (Lipinski definition) is 4. The molecule has 0 saturated heterocycles. The summed E-state index contributed by atoms with van der Waals surface area (Å²) >= 11 is 0. The Morgan fingerprint density at radius 2 is 1.79 bits per heavy atom. The average molecular weight is 487 g/mol. The zero-order valence-electron chi connectivity index (χ0n) is 18.2. The summed E-state index contributed by atoms with van der Waals surface area (Å²) in [5.41, 5.74) is 0.0740. The Hall–Kier alpha value is -2.82. The minimum atomic E-state index is -4.71. The Morgan fingerprint density at radius 1 is 1.09 bits per heavy atom. The fourth-order valence-corrected chi connectivity index (χ4v) is 4.49. The Morgan fingerprint density at radius 3 is 2.41 bits per heavy atom. The molecule has 0 aromatic carbocycles. The van der Waals surface area contributed by atoms with Crippen molar-refractivity contribution in [3.63, 3.8) is 0 Å². The summed E-state index contributed by atoms with van der Waals surface area (Å²) in [7, 11) is 0. The molecule has 5 nitrogen and oxygen atoms in total. The zero-order valence-corrected chi connectivity index (χ0v) is 18.2. The van der Waals surface area contributed by atoms with Gasteiger partial charge in [0.1, 0.15) is 5.75 Å². The van der Waals surface area contributed by atoms with Crippen LogP contribution in [0.15, 0.2) is 30.6 Å². The molecule has 0 bridgehead atoms. The highest BCUT2D eigenvalue weighted by molar-refractivity contribution is 5.97. The van der Waals surface area contributed by atoms with E-state index in [0.717, 1.165) is 6.20 Å². The highest BCUT2D eigenvalue weighted by atomic mass is 19.4. The number of alkyl halides is 6. The molecule has 1 saturated carbocycles. The van der Waals surface area contributed by atoms with Crippen LogP contribution in [-0.2, 0) is 12.7 Å². The molecule has 11 heteroatoms. The third kappa shape index (κ3) is 4.98. The van der Waals surface area contributed by atoms with E-state index in [1.54, 1.807) is 13.0 Å². The van der Waals surface area contributed by atoms with Crippen molar-refractivity contribution in [2.24, 2.45) is 5.92 Å². The van der Waals surface area contributed by atoms with Crippen molar-refractivity contribution in [2.45, 2.75) is 57.6 Å². The van der Waals surface area contributed by atoms with Crippen LogP contribution in [0.3, 0.4) is 0 Å². The molecule has 0 spiro atoms. The van der Waals surface area contributed by atoms with Crippen molar-refractivity contribution in [3.05, 3.63) is 42.0 Å². The molecule has 0 aliphatic heterocycles. The summed E-state index contributed by atoms with van der Waals surface area (Å²) in [6.07, 6.45) is -6.39. The summed E-state index contributed by atoms with van der Waals surface area (Å²) in [5.74, 6) is -1.01. The van der Waals surface area contributed by atoms with Crippen molar-refractivity contribution < 1.29 is 36.2 Å². The van der Waals surface area contributed by atoms with E-state index in [-0.39, 0.29) is 61.0 Å². The Kier molecular flexibility index (Phi) is 6.50. The highest BCUT2D eigenvalue weighted by Gasteiger charge is 2.42. The fraction of sp³-hybridized carbons (Fsp3) is 0.478. The quantitative estimate of drug-likeness (QED) is 0.454. The first-order valence-corrected chi connectivity index (χ1v) is 10.9. The molecule has 1 fully saturated rings. The minimum absolute atomic E-state index is 0.0274.